The van der Waals surface area contributed by atoms with Crippen molar-refractivity contribution in [3.8, 4) is 0 Å². The topological polar surface area (TPSA) is 0 Å². The molecule has 0 N–H and O–H groups in total. The van der Waals surface area contributed by atoms with Gasteiger partial charge in [0.05, 0.1) is 0 Å². The maximum absolute atomic E-state index is 2.43. The zero-order valence-corrected chi connectivity index (χ0v) is 13.4. The van der Waals surface area contributed by atoms with Crippen LogP contribution in [0.25, 0.3) is 0 Å². The molecule has 0 aromatic heterocycles. The molecule has 0 spiro atoms. The van der Waals surface area contributed by atoms with Crippen LogP contribution < -0.4 is 0 Å². The summed E-state index contributed by atoms with van der Waals surface area (Å²) in [5.41, 5.74) is 1.55. The molecule has 0 aromatic carbocycles. The summed E-state index contributed by atoms with van der Waals surface area (Å²) in [6.45, 7) is 23.8. The summed E-state index contributed by atoms with van der Waals surface area (Å²) in [6, 6.07) is 0. The molecule has 16 heavy (non-hydrogen) atoms. The monoisotopic (exact) mass is 226 g/mol. The zero-order valence-electron chi connectivity index (χ0n) is 13.4. The van der Waals surface area contributed by atoms with E-state index < -0.39 is 0 Å². The number of hydrogen-bond donors (Lipinski definition) is 0. The fraction of sp³-hybridized carbons (Fsp3) is 1.00. The van der Waals surface area contributed by atoms with Gasteiger partial charge in [-0.05, 0) is 34.5 Å². The third kappa shape index (κ3) is 3.79. The van der Waals surface area contributed by atoms with Crippen LogP contribution in [0.2, 0.25) is 0 Å². The van der Waals surface area contributed by atoms with Crippen molar-refractivity contribution < 1.29 is 0 Å². The van der Waals surface area contributed by atoms with Crippen LogP contribution in [-0.2, 0) is 0 Å². The molecule has 0 aliphatic heterocycles. The summed E-state index contributed by atoms with van der Waals surface area (Å²) in [7, 11) is 0. The minimum Gasteiger partial charge on any atom is -0.0602 e. The predicted octanol–water partition coefficient (Wildman–Crippen LogP) is 5.91. The number of rotatable bonds is 3. The third-order valence-electron chi connectivity index (χ3n) is 5.07. The van der Waals surface area contributed by atoms with Crippen molar-refractivity contribution in [1.29, 1.82) is 0 Å². The maximum atomic E-state index is 2.43. The van der Waals surface area contributed by atoms with Gasteiger partial charge in [0.1, 0.15) is 0 Å². The van der Waals surface area contributed by atoms with E-state index in [0.717, 1.165) is 0 Å². The smallest absolute Gasteiger partial charge is 0.0254 e. The Hall–Kier alpha value is 0. The second-order valence-corrected chi connectivity index (χ2v) is 8.82. The SMILES string of the molecule is CC(C)(C)CCC(C)(C)C(C)(C)C(C)(C)C. The van der Waals surface area contributed by atoms with Gasteiger partial charge in [-0.15, -0.1) is 0 Å². The fourth-order valence-electron chi connectivity index (χ4n) is 2.02. The second-order valence-electron chi connectivity index (χ2n) is 8.82. The summed E-state index contributed by atoms with van der Waals surface area (Å²) < 4.78 is 0. The standard InChI is InChI=1S/C16H34/c1-13(2,3)11-12-15(7,8)16(9,10)14(4,5)6/h11-12H2,1-10H3. The first-order chi connectivity index (χ1) is 6.71. The largest absolute Gasteiger partial charge is 0.0602 e. The first-order valence-corrected chi connectivity index (χ1v) is 6.71. The lowest BCUT2D eigenvalue weighted by Crippen LogP contribution is -2.43. The average Bonchev–Trinajstić information content (AvgIpc) is 1.97. The average molecular weight is 226 g/mol. The predicted molar refractivity (Wildman–Crippen MR) is 75.7 cm³/mol. The lowest BCUT2D eigenvalue weighted by atomic mass is 9.54. The molecule has 0 fully saturated rings. The molecule has 0 aliphatic rings. The Morgan fingerprint density at radius 2 is 0.938 bits per heavy atom. The van der Waals surface area contributed by atoms with Gasteiger partial charge in [0.2, 0.25) is 0 Å². The van der Waals surface area contributed by atoms with Crippen LogP contribution in [0.4, 0.5) is 0 Å². The van der Waals surface area contributed by atoms with Crippen molar-refractivity contribution in [3.05, 3.63) is 0 Å². The summed E-state index contributed by atoms with van der Waals surface area (Å²) in [5.74, 6) is 0. The van der Waals surface area contributed by atoms with E-state index in [4.69, 9.17) is 0 Å². The molecular formula is C16H34. The van der Waals surface area contributed by atoms with Crippen molar-refractivity contribution in [2.24, 2.45) is 21.7 Å². The quantitative estimate of drug-likeness (QED) is 0.561. The first-order valence-electron chi connectivity index (χ1n) is 6.71. The Bertz CT molecular complexity index is 217. The molecule has 0 heterocycles. The number of hydrogen-bond acceptors (Lipinski definition) is 0. The highest BCUT2D eigenvalue weighted by Crippen LogP contribution is 2.53. The zero-order chi connectivity index (χ0) is 13.4. The Morgan fingerprint density at radius 3 is 1.19 bits per heavy atom. The van der Waals surface area contributed by atoms with Gasteiger partial charge >= 0.3 is 0 Å². The third-order valence-corrected chi connectivity index (χ3v) is 5.07. The molecule has 0 rings (SSSR count). The van der Waals surface area contributed by atoms with Gasteiger partial charge in [-0.2, -0.15) is 0 Å². The summed E-state index contributed by atoms with van der Waals surface area (Å²) in [4.78, 5) is 0. The van der Waals surface area contributed by atoms with E-state index in [0.29, 0.717) is 21.7 Å². The molecule has 0 bridgehead atoms. The van der Waals surface area contributed by atoms with E-state index in [1.807, 2.05) is 0 Å². The Labute approximate surface area is 104 Å². The Balaban J connectivity index is 4.79. The van der Waals surface area contributed by atoms with Crippen LogP contribution in [0, 0.1) is 21.7 Å². The minimum absolute atomic E-state index is 0.352. The van der Waals surface area contributed by atoms with E-state index in [2.05, 4.69) is 69.2 Å². The molecule has 0 radical (unpaired) electrons. The molecule has 0 nitrogen and oxygen atoms in total. The lowest BCUT2D eigenvalue weighted by molar-refractivity contribution is -0.0194. The van der Waals surface area contributed by atoms with Crippen LogP contribution in [0.15, 0.2) is 0 Å². The lowest BCUT2D eigenvalue weighted by Gasteiger charge is -2.51. The van der Waals surface area contributed by atoms with Crippen molar-refractivity contribution in [2.75, 3.05) is 0 Å². The maximum Gasteiger partial charge on any atom is -0.0254 e. The highest BCUT2D eigenvalue weighted by atomic mass is 14.5. The van der Waals surface area contributed by atoms with Crippen molar-refractivity contribution in [3.63, 3.8) is 0 Å². The van der Waals surface area contributed by atoms with Gasteiger partial charge < -0.3 is 0 Å². The molecule has 98 valence electrons. The summed E-state index contributed by atoms with van der Waals surface area (Å²) >= 11 is 0. The van der Waals surface area contributed by atoms with Crippen LogP contribution in [0.3, 0.4) is 0 Å². The fourth-order valence-corrected chi connectivity index (χ4v) is 2.02. The van der Waals surface area contributed by atoms with Crippen molar-refractivity contribution in [2.45, 2.75) is 82.1 Å². The molecule has 0 amide bonds. The van der Waals surface area contributed by atoms with E-state index in [1.165, 1.54) is 12.8 Å². The molecule has 0 aliphatic carbocycles. The highest BCUT2D eigenvalue weighted by molar-refractivity contribution is 4.94. The molecular weight excluding hydrogens is 192 g/mol. The van der Waals surface area contributed by atoms with Crippen LogP contribution in [0.1, 0.15) is 82.1 Å². The summed E-state index contributed by atoms with van der Waals surface area (Å²) in [6.07, 6.45) is 2.61. The van der Waals surface area contributed by atoms with Crippen molar-refractivity contribution >= 4 is 0 Å². The van der Waals surface area contributed by atoms with E-state index in [9.17, 15) is 0 Å². The highest BCUT2D eigenvalue weighted by Gasteiger charge is 2.45. The van der Waals surface area contributed by atoms with Gasteiger partial charge in [-0.3, -0.25) is 0 Å². The molecule has 0 atom stereocenters. The molecule has 0 saturated carbocycles. The molecule has 0 aromatic rings. The Kier molecular flexibility index (Phi) is 4.35. The van der Waals surface area contributed by atoms with Crippen molar-refractivity contribution in [1.82, 2.24) is 0 Å². The van der Waals surface area contributed by atoms with Crippen LogP contribution in [0.5, 0.6) is 0 Å². The minimum atomic E-state index is 0.352. The second kappa shape index (κ2) is 4.35. The van der Waals surface area contributed by atoms with Crippen LogP contribution in [-0.4, -0.2) is 0 Å². The van der Waals surface area contributed by atoms with E-state index >= 15 is 0 Å². The first kappa shape index (κ1) is 16.0. The molecule has 0 heteroatoms. The van der Waals surface area contributed by atoms with E-state index in [-0.39, 0.29) is 0 Å². The van der Waals surface area contributed by atoms with Gasteiger partial charge in [-0.25, -0.2) is 0 Å². The van der Waals surface area contributed by atoms with Gasteiger partial charge in [0.25, 0.3) is 0 Å². The summed E-state index contributed by atoms with van der Waals surface area (Å²) in [5, 5.41) is 0. The van der Waals surface area contributed by atoms with E-state index in [1.54, 1.807) is 0 Å². The van der Waals surface area contributed by atoms with Gasteiger partial charge in [0, 0.05) is 0 Å². The van der Waals surface area contributed by atoms with Gasteiger partial charge in [0.15, 0.2) is 0 Å². The molecule has 0 saturated heterocycles. The van der Waals surface area contributed by atoms with Crippen LogP contribution >= 0.6 is 0 Å². The van der Waals surface area contributed by atoms with Gasteiger partial charge in [-0.1, -0.05) is 69.2 Å². The normalized spacial score (nSPS) is 15.4. The molecule has 0 unspecified atom stereocenters. The Morgan fingerprint density at radius 1 is 0.562 bits per heavy atom.